The summed E-state index contributed by atoms with van der Waals surface area (Å²) >= 11 is 1.60. The van der Waals surface area contributed by atoms with Crippen LogP contribution in [0.4, 0.5) is 15.9 Å². The lowest BCUT2D eigenvalue weighted by Crippen LogP contribution is -2.34. The van der Waals surface area contributed by atoms with Crippen molar-refractivity contribution in [3.63, 3.8) is 0 Å². The highest BCUT2D eigenvalue weighted by molar-refractivity contribution is 7.19. The Labute approximate surface area is 172 Å². The van der Waals surface area contributed by atoms with E-state index in [1.807, 2.05) is 30.0 Å². The van der Waals surface area contributed by atoms with Gasteiger partial charge >= 0.3 is 0 Å². The number of anilines is 2. The molecule has 1 N–H and O–H groups in total. The van der Waals surface area contributed by atoms with Crippen LogP contribution < -0.4 is 5.32 Å². The molecule has 0 atom stereocenters. The highest BCUT2D eigenvalue weighted by Gasteiger charge is 2.25. The lowest BCUT2D eigenvalue weighted by Gasteiger charge is -2.26. The first-order valence-corrected chi connectivity index (χ1v) is 10.2. The predicted molar refractivity (Wildman–Crippen MR) is 114 cm³/mol. The fraction of sp³-hybridized carbons (Fsp3) is 0.286. The van der Waals surface area contributed by atoms with E-state index in [9.17, 15) is 9.18 Å². The lowest BCUT2D eigenvalue weighted by molar-refractivity contribution is -0.126. The molecule has 1 amide bonds. The van der Waals surface area contributed by atoms with Crippen LogP contribution in [-0.4, -0.2) is 52.9 Å². The number of hydrogen-bond donors (Lipinski definition) is 1. The number of thiophene rings is 1. The third kappa shape index (κ3) is 4.28. The quantitative estimate of drug-likeness (QED) is 0.651. The van der Waals surface area contributed by atoms with Gasteiger partial charge in [0.2, 0.25) is 5.91 Å². The molecule has 150 valence electrons. The van der Waals surface area contributed by atoms with E-state index in [2.05, 4.69) is 15.3 Å². The minimum atomic E-state index is -0.277. The van der Waals surface area contributed by atoms with Crippen molar-refractivity contribution < 1.29 is 9.18 Å². The van der Waals surface area contributed by atoms with Crippen molar-refractivity contribution in [1.82, 2.24) is 19.8 Å². The summed E-state index contributed by atoms with van der Waals surface area (Å²) < 4.78 is 13.2. The zero-order chi connectivity index (χ0) is 20.4. The molecule has 3 heterocycles. The van der Waals surface area contributed by atoms with Crippen LogP contribution in [0.5, 0.6) is 0 Å². The van der Waals surface area contributed by atoms with E-state index in [1.54, 1.807) is 29.5 Å². The van der Waals surface area contributed by atoms with Crippen LogP contribution in [0.1, 0.15) is 10.4 Å². The van der Waals surface area contributed by atoms with Crippen molar-refractivity contribution in [2.75, 3.05) is 32.5 Å². The molecule has 0 fully saturated rings. The van der Waals surface area contributed by atoms with Crippen molar-refractivity contribution in [3.05, 3.63) is 59.0 Å². The van der Waals surface area contributed by atoms with Gasteiger partial charge in [0, 0.05) is 29.7 Å². The zero-order valence-electron chi connectivity index (χ0n) is 16.4. The van der Waals surface area contributed by atoms with Crippen LogP contribution in [0.3, 0.4) is 0 Å². The average molecular weight is 412 g/mol. The molecule has 6 nitrogen and oxygen atoms in total. The highest BCUT2D eigenvalue weighted by atomic mass is 32.1. The second-order valence-corrected chi connectivity index (χ2v) is 8.30. The summed E-state index contributed by atoms with van der Waals surface area (Å²) in [5.41, 5.74) is 1.96. The SMILES string of the molecule is CN(C)C/C=C/C(=O)N1CCc2c(sc3ncnc(Nc4ccc(F)cc4)c23)C1. The Balaban J connectivity index is 1.58. The smallest absolute Gasteiger partial charge is 0.246 e. The fourth-order valence-corrected chi connectivity index (χ4v) is 4.55. The van der Waals surface area contributed by atoms with Gasteiger partial charge in [0.1, 0.15) is 22.8 Å². The maximum absolute atomic E-state index is 13.2. The van der Waals surface area contributed by atoms with E-state index in [0.29, 0.717) is 18.9 Å². The number of halogens is 1. The topological polar surface area (TPSA) is 61.4 Å². The van der Waals surface area contributed by atoms with Crippen LogP contribution in [0.15, 0.2) is 42.7 Å². The molecule has 0 saturated heterocycles. The van der Waals surface area contributed by atoms with E-state index in [0.717, 1.165) is 33.7 Å². The molecule has 2 aromatic heterocycles. The van der Waals surface area contributed by atoms with Gasteiger partial charge in [-0.2, -0.15) is 0 Å². The number of benzene rings is 1. The molecule has 0 saturated carbocycles. The third-order valence-corrected chi connectivity index (χ3v) is 5.91. The molecule has 0 aliphatic carbocycles. The highest BCUT2D eigenvalue weighted by Crippen LogP contribution is 2.38. The Bertz CT molecular complexity index is 1060. The first kappa shape index (κ1) is 19.5. The third-order valence-electron chi connectivity index (χ3n) is 4.79. The summed E-state index contributed by atoms with van der Waals surface area (Å²) in [4.78, 5) is 27.2. The van der Waals surface area contributed by atoms with Crippen molar-refractivity contribution in [2.24, 2.45) is 0 Å². The Morgan fingerprint density at radius 2 is 2.10 bits per heavy atom. The largest absolute Gasteiger partial charge is 0.340 e. The molecule has 3 aromatic rings. The number of amides is 1. The van der Waals surface area contributed by atoms with E-state index >= 15 is 0 Å². The van der Waals surface area contributed by atoms with Crippen LogP contribution >= 0.6 is 11.3 Å². The second-order valence-electron chi connectivity index (χ2n) is 7.21. The number of carbonyl (C=O) groups is 1. The van der Waals surface area contributed by atoms with Gasteiger partial charge in [0.25, 0.3) is 0 Å². The summed E-state index contributed by atoms with van der Waals surface area (Å²) in [6.07, 6.45) is 5.83. The molecule has 0 unspecified atom stereocenters. The first-order chi connectivity index (χ1) is 14.0. The minimum absolute atomic E-state index is 0.0331. The molecule has 0 radical (unpaired) electrons. The molecule has 1 aliphatic heterocycles. The maximum Gasteiger partial charge on any atom is 0.246 e. The Kier molecular flexibility index (Phi) is 5.55. The molecule has 1 aromatic carbocycles. The van der Waals surface area contributed by atoms with E-state index in [-0.39, 0.29) is 11.7 Å². The lowest BCUT2D eigenvalue weighted by atomic mass is 10.0. The minimum Gasteiger partial charge on any atom is -0.340 e. The van der Waals surface area contributed by atoms with Gasteiger partial charge in [-0.05, 0) is 50.3 Å². The molecule has 0 bridgehead atoms. The predicted octanol–water partition coefficient (Wildman–Crippen LogP) is 3.58. The second kappa shape index (κ2) is 8.26. The summed E-state index contributed by atoms with van der Waals surface area (Å²) in [6, 6.07) is 6.19. The van der Waals surface area contributed by atoms with E-state index < -0.39 is 0 Å². The number of nitrogens with zero attached hydrogens (tertiary/aromatic N) is 4. The number of fused-ring (bicyclic) bond motifs is 3. The monoisotopic (exact) mass is 411 g/mol. The van der Waals surface area contributed by atoms with Gasteiger partial charge in [-0.1, -0.05) is 6.08 Å². The van der Waals surface area contributed by atoms with E-state index in [1.165, 1.54) is 24.0 Å². The normalized spacial score (nSPS) is 14.0. The number of hydrogen-bond acceptors (Lipinski definition) is 6. The summed E-state index contributed by atoms with van der Waals surface area (Å²) in [5, 5.41) is 4.27. The maximum atomic E-state index is 13.2. The molecular formula is C21H22FN5OS. The number of aromatic nitrogens is 2. The van der Waals surface area contributed by atoms with Crippen LogP contribution in [0.2, 0.25) is 0 Å². The molecule has 4 rings (SSSR count). The first-order valence-electron chi connectivity index (χ1n) is 9.39. The van der Waals surface area contributed by atoms with Gasteiger partial charge in [-0.3, -0.25) is 4.79 Å². The van der Waals surface area contributed by atoms with Crippen LogP contribution in [0, 0.1) is 5.82 Å². The summed E-state index contributed by atoms with van der Waals surface area (Å²) in [7, 11) is 3.94. The van der Waals surface area contributed by atoms with Crippen LogP contribution in [0.25, 0.3) is 10.2 Å². The van der Waals surface area contributed by atoms with Gasteiger partial charge in [-0.25, -0.2) is 14.4 Å². The van der Waals surface area contributed by atoms with Gasteiger partial charge in [0.15, 0.2) is 0 Å². The van der Waals surface area contributed by atoms with Crippen molar-refractivity contribution in [1.29, 1.82) is 0 Å². The Hall–Kier alpha value is -2.84. The average Bonchev–Trinajstić information content (AvgIpc) is 3.08. The number of carbonyl (C=O) groups excluding carboxylic acids is 1. The van der Waals surface area contributed by atoms with E-state index in [4.69, 9.17) is 0 Å². The molecular weight excluding hydrogens is 389 g/mol. The fourth-order valence-electron chi connectivity index (χ4n) is 3.35. The Morgan fingerprint density at radius 1 is 1.31 bits per heavy atom. The van der Waals surface area contributed by atoms with Gasteiger partial charge in [-0.15, -0.1) is 11.3 Å². The zero-order valence-corrected chi connectivity index (χ0v) is 17.2. The van der Waals surface area contributed by atoms with Crippen LogP contribution in [-0.2, 0) is 17.8 Å². The molecule has 0 spiro atoms. The molecule has 8 heteroatoms. The standard InChI is InChI=1S/C21H22FN5OS/c1-26(2)10-3-4-18(28)27-11-9-16-17(12-27)29-21-19(16)20(23-13-24-21)25-15-7-5-14(22)6-8-15/h3-8,13H,9-12H2,1-2H3,(H,23,24,25)/b4-3+. The number of rotatable bonds is 5. The van der Waals surface area contributed by atoms with Gasteiger partial charge in [0.05, 0.1) is 11.9 Å². The Morgan fingerprint density at radius 3 is 2.86 bits per heavy atom. The van der Waals surface area contributed by atoms with Crippen molar-refractivity contribution in [3.8, 4) is 0 Å². The number of nitrogens with one attached hydrogen (secondary N) is 1. The molecule has 1 aliphatic rings. The number of likely N-dealkylation sites (N-methyl/N-ethyl adjacent to an activating group) is 1. The van der Waals surface area contributed by atoms with Crippen molar-refractivity contribution in [2.45, 2.75) is 13.0 Å². The van der Waals surface area contributed by atoms with Crippen molar-refractivity contribution >= 4 is 39.0 Å². The summed E-state index contributed by atoms with van der Waals surface area (Å²) in [5.74, 6) is 0.469. The van der Waals surface area contributed by atoms with Gasteiger partial charge < -0.3 is 15.1 Å². The summed E-state index contributed by atoms with van der Waals surface area (Å²) in [6.45, 7) is 1.98. The molecule has 29 heavy (non-hydrogen) atoms.